The Morgan fingerprint density at radius 2 is 1.76 bits per heavy atom. The number of H-pyrrole nitrogens is 1. The minimum atomic E-state index is -3.69. The zero-order valence-electron chi connectivity index (χ0n) is 18.6. The van der Waals surface area contributed by atoms with E-state index in [4.69, 9.17) is 0 Å². The maximum atomic E-state index is 13.2. The number of nitrogens with one attached hydrogen (secondary N) is 2. The van der Waals surface area contributed by atoms with E-state index in [2.05, 4.69) is 10.3 Å². The molecule has 2 amide bonds. The molecule has 2 aliphatic heterocycles. The van der Waals surface area contributed by atoms with Crippen LogP contribution in [0.4, 0.5) is 0 Å². The Bertz CT molecular complexity index is 1200. The Balaban J connectivity index is 1.54. The SMILES string of the molecule is O=C(NCCCN1CCCC1=O)c1cc(=O)[nH]c2ccc(S(=O)(=O)N3CCCCCC3)cc12. The third-order valence-corrected chi connectivity index (χ3v) is 8.22. The van der Waals surface area contributed by atoms with Crippen LogP contribution in [0.5, 0.6) is 0 Å². The highest BCUT2D eigenvalue weighted by Gasteiger charge is 2.26. The number of carbonyl (C=O) groups excluding carboxylic acids is 2. The monoisotopic (exact) mass is 474 g/mol. The second-order valence-electron chi connectivity index (χ2n) is 8.67. The standard InChI is InChI=1S/C23H30N4O5S/c28-21-16-19(23(30)24-10-6-12-26-11-5-7-22(26)29)18-15-17(8-9-20(18)25-21)33(31,32)27-13-3-1-2-4-14-27/h8-9,15-16H,1-7,10-14H2,(H,24,30)(H,25,28). The van der Waals surface area contributed by atoms with Crippen LogP contribution < -0.4 is 10.9 Å². The summed E-state index contributed by atoms with van der Waals surface area (Å²) >= 11 is 0. The van der Waals surface area contributed by atoms with Crippen molar-refractivity contribution in [3.8, 4) is 0 Å². The molecule has 2 saturated heterocycles. The van der Waals surface area contributed by atoms with Gasteiger partial charge < -0.3 is 15.2 Å². The second-order valence-corrected chi connectivity index (χ2v) is 10.6. The Labute approximate surface area is 193 Å². The molecule has 0 atom stereocenters. The molecule has 0 saturated carbocycles. The van der Waals surface area contributed by atoms with Crippen LogP contribution in [-0.4, -0.2) is 67.1 Å². The van der Waals surface area contributed by atoms with Crippen molar-refractivity contribution < 1.29 is 18.0 Å². The van der Waals surface area contributed by atoms with E-state index < -0.39 is 21.5 Å². The molecule has 3 heterocycles. The van der Waals surface area contributed by atoms with Crippen molar-refractivity contribution in [2.24, 2.45) is 0 Å². The van der Waals surface area contributed by atoms with Crippen LogP contribution in [0, 0.1) is 0 Å². The van der Waals surface area contributed by atoms with Crippen molar-refractivity contribution >= 4 is 32.7 Å². The Morgan fingerprint density at radius 1 is 1.00 bits per heavy atom. The van der Waals surface area contributed by atoms with E-state index in [0.29, 0.717) is 49.9 Å². The largest absolute Gasteiger partial charge is 0.352 e. The number of aromatic nitrogens is 1. The van der Waals surface area contributed by atoms with Crippen LogP contribution in [0.1, 0.15) is 55.3 Å². The highest BCUT2D eigenvalue weighted by Crippen LogP contribution is 2.25. The number of amides is 2. The maximum Gasteiger partial charge on any atom is 0.252 e. The van der Waals surface area contributed by atoms with E-state index in [1.54, 1.807) is 4.90 Å². The smallest absolute Gasteiger partial charge is 0.252 e. The first-order valence-corrected chi connectivity index (χ1v) is 13.0. The van der Waals surface area contributed by atoms with Gasteiger partial charge in [-0.1, -0.05) is 12.8 Å². The van der Waals surface area contributed by atoms with Gasteiger partial charge in [-0.2, -0.15) is 4.31 Å². The number of likely N-dealkylation sites (tertiary alicyclic amines) is 1. The van der Waals surface area contributed by atoms with Gasteiger partial charge in [0.1, 0.15) is 0 Å². The average Bonchev–Trinajstić information content (AvgIpc) is 3.02. The van der Waals surface area contributed by atoms with Gasteiger partial charge in [0.25, 0.3) is 5.91 Å². The van der Waals surface area contributed by atoms with E-state index in [1.165, 1.54) is 28.6 Å². The zero-order valence-corrected chi connectivity index (χ0v) is 19.5. The molecule has 1 aromatic heterocycles. The first-order chi connectivity index (χ1) is 15.9. The summed E-state index contributed by atoms with van der Waals surface area (Å²) in [5, 5.41) is 3.18. The number of pyridine rings is 1. The molecule has 0 bridgehead atoms. The molecule has 0 radical (unpaired) electrons. The van der Waals surface area contributed by atoms with E-state index in [-0.39, 0.29) is 16.4 Å². The number of aromatic amines is 1. The normalized spacial score (nSPS) is 17.9. The van der Waals surface area contributed by atoms with Gasteiger partial charge in [-0.15, -0.1) is 0 Å². The van der Waals surface area contributed by atoms with Gasteiger partial charge in [0, 0.05) is 56.1 Å². The van der Waals surface area contributed by atoms with Gasteiger partial charge in [-0.25, -0.2) is 8.42 Å². The summed E-state index contributed by atoms with van der Waals surface area (Å²) in [6.45, 7) is 2.65. The minimum Gasteiger partial charge on any atom is -0.352 e. The molecule has 0 unspecified atom stereocenters. The van der Waals surface area contributed by atoms with Gasteiger partial charge in [0.2, 0.25) is 21.5 Å². The summed E-state index contributed by atoms with van der Waals surface area (Å²) in [6.07, 6.45) is 5.74. The summed E-state index contributed by atoms with van der Waals surface area (Å²) in [5.41, 5.74) is 0.113. The first kappa shape index (κ1) is 23.4. The number of benzene rings is 1. The summed E-state index contributed by atoms with van der Waals surface area (Å²) < 4.78 is 27.9. The van der Waals surface area contributed by atoms with E-state index >= 15 is 0 Å². The molecule has 2 N–H and O–H groups in total. The van der Waals surface area contributed by atoms with Crippen molar-refractivity contribution in [3.63, 3.8) is 0 Å². The molecule has 0 aliphatic carbocycles. The highest BCUT2D eigenvalue weighted by molar-refractivity contribution is 7.89. The number of carbonyl (C=O) groups is 2. The number of rotatable bonds is 7. The number of fused-ring (bicyclic) bond motifs is 1. The van der Waals surface area contributed by atoms with Crippen LogP contribution in [-0.2, 0) is 14.8 Å². The lowest BCUT2D eigenvalue weighted by Gasteiger charge is -2.20. The lowest BCUT2D eigenvalue weighted by atomic mass is 10.1. The lowest BCUT2D eigenvalue weighted by Crippen LogP contribution is -2.32. The molecule has 2 aliphatic rings. The van der Waals surface area contributed by atoms with Crippen LogP contribution >= 0.6 is 0 Å². The lowest BCUT2D eigenvalue weighted by molar-refractivity contribution is -0.127. The summed E-state index contributed by atoms with van der Waals surface area (Å²) in [5.74, 6) is -0.303. The second kappa shape index (κ2) is 10.0. The van der Waals surface area contributed by atoms with Crippen LogP contribution in [0.15, 0.2) is 34.0 Å². The molecule has 1 aromatic carbocycles. The quantitative estimate of drug-likeness (QED) is 0.594. The molecule has 33 heavy (non-hydrogen) atoms. The Hall–Kier alpha value is -2.72. The number of sulfonamides is 1. The van der Waals surface area contributed by atoms with Gasteiger partial charge in [-0.05, 0) is 43.9 Å². The van der Waals surface area contributed by atoms with E-state index in [0.717, 1.165) is 38.6 Å². The Kier molecular flexibility index (Phi) is 7.14. The third-order valence-electron chi connectivity index (χ3n) is 6.32. The fourth-order valence-electron chi connectivity index (χ4n) is 4.52. The van der Waals surface area contributed by atoms with E-state index in [1.807, 2.05) is 0 Å². The molecule has 2 aromatic rings. The zero-order chi connectivity index (χ0) is 23.4. The third kappa shape index (κ3) is 5.27. The van der Waals surface area contributed by atoms with Crippen molar-refractivity contribution in [1.29, 1.82) is 0 Å². The van der Waals surface area contributed by atoms with Crippen molar-refractivity contribution in [2.75, 3.05) is 32.7 Å². The predicted molar refractivity (Wildman–Crippen MR) is 125 cm³/mol. The van der Waals surface area contributed by atoms with E-state index in [9.17, 15) is 22.8 Å². The number of nitrogens with zero attached hydrogens (tertiary/aromatic N) is 2. The van der Waals surface area contributed by atoms with Gasteiger partial charge in [-0.3, -0.25) is 14.4 Å². The summed E-state index contributed by atoms with van der Waals surface area (Å²) in [4.78, 5) is 41.3. The molecule has 4 rings (SSSR count). The molecule has 2 fully saturated rings. The predicted octanol–water partition coefficient (Wildman–Crippen LogP) is 1.84. The average molecular weight is 475 g/mol. The van der Waals surface area contributed by atoms with Gasteiger partial charge >= 0.3 is 0 Å². The van der Waals surface area contributed by atoms with Crippen LogP contribution in [0.25, 0.3) is 10.9 Å². The maximum absolute atomic E-state index is 13.2. The minimum absolute atomic E-state index is 0.116. The molecular weight excluding hydrogens is 444 g/mol. The highest BCUT2D eigenvalue weighted by atomic mass is 32.2. The molecule has 10 heteroatoms. The van der Waals surface area contributed by atoms with Crippen molar-refractivity contribution in [1.82, 2.24) is 19.5 Å². The number of hydrogen-bond donors (Lipinski definition) is 2. The molecule has 0 spiro atoms. The van der Waals surface area contributed by atoms with Crippen molar-refractivity contribution in [3.05, 3.63) is 40.2 Å². The Morgan fingerprint density at radius 3 is 2.45 bits per heavy atom. The first-order valence-electron chi connectivity index (χ1n) is 11.6. The van der Waals surface area contributed by atoms with Gasteiger partial charge in [0.05, 0.1) is 10.5 Å². The fourth-order valence-corrected chi connectivity index (χ4v) is 6.06. The number of hydrogen-bond acceptors (Lipinski definition) is 5. The fraction of sp³-hybridized carbons (Fsp3) is 0.522. The molecule has 9 nitrogen and oxygen atoms in total. The van der Waals surface area contributed by atoms with Crippen LogP contribution in [0.2, 0.25) is 0 Å². The molecular formula is C23H30N4O5S. The van der Waals surface area contributed by atoms with Crippen molar-refractivity contribution in [2.45, 2.75) is 49.8 Å². The summed E-state index contributed by atoms with van der Waals surface area (Å²) in [6, 6.07) is 5.69. The van der Waals surface area contributed by atoms with Gasteiger partial charge in [0.15, 0.2) is 0 Å². The summed E-state index contributed by atoms with van der Waals surface area (Å²) in [7, 11) is -3.69. The molecule has 178 valence electrons. The van der Waals surface area contributed by atoms with Crippen LogP contribution in [0.3, 0.4) is 0 Å². The topological polar surface area (TPSA) is 120 Å².